The number of benzene rings is 1. The van der Waals surface area contributed by atoms with Crippen LogP contribution in [0.2, 0.25) is 0 Å². The number of aryl methyl sites for hydroxylation is 1. The monoisotopic (exact) mass is 346 g/mol. The molecule has 1 aliphatic heterocycles. The van der Waals surface area contributed by atoms with E-state index in [2.05, 4.69) is 34.1 Å². The van der Waals surface area contributed by atoms with Crippen LogP contribution in [0.1, 0.15) is 24.8 Å². The second kappa shape index (κ2) is 10.5. The van der Waals surface area contributed by atoms with Crippen molar-refractivity contribution in [1.82, 2.24) is 14.7 Å². The summed E-state index contributed by atoms with van der Waals surface area (Å²) in [6.07, 6.45) is 2.77. The number of carbonyl (C=O) groups excluding carboxylic acids is 1. The number of amides is 1. The SMILES string of the molecule is Cc1cccc(NC(=O)CCCN2CCN(CCCN(C)C)CC2)c1. The molecule has 0 aromatic heterocycles. The zero-order valence-electron chi connectivity index (χ0n) is 16.1. The van der Waals surface area contributed by atoms with Gasteiger partial charge in [0.05, 0.1) is 0 Å². The second-order valence-electron chi connectivity index (χ2n) is 7.36. The number of hydrogen-bond donors (Lipinski definition) is 1. The zero-order valence-corrected chi connectivity index (χ0v) is 16.1. The summed E-state index contributed by atoms with van der Waals surface area (Å²) in [5.41, 5.74) is 2.07. The Balaban J connectivity index is 1.56. The minimum atomic E-state index is 0.118. The van der Waals surface area contributed by atoms with E-state index in [0.717, 1.165) is 51.4 Å². The summed E-state index contributed by atoms with van der Waals surface area (Å²) < 4.78 is 0. The molecule has 5 nitrogen and oxygen atoms in total. The lowest BCUT2D eigenvalue weighted by Crippen LogP contribution is -2.47. The first-order valence-electron chi connectivity index (χ1n) is 9.49. The van der Waals surface area contributed by atoms with Crippen molar-refractivity contribution in [2.24, 2.45) is 0 Å². The van der Waals surface area contributed by atoms with Gasteiger partial charge >= 0.3 is 0 Å². The minimum absolute atomic E-state index is 0.118. The molecule has 1 fully saturated rings. The van der Waals surface area contributed by atoms with E-state index in [9.17, 15) is 4.79 Å². The quantitative estimate of drug-likeness (QED) is 0.745. The van der Waals surface area contributed by atoms with Gasteiger partial charge in [0.15, 0.2) is 0 Å². The van der Waals surface area contributed by atoms with Crippen LogP contribution in [0.15, 0.2) is 24.3 Å². The molecule has 0 spiro atoms. The molecule has 1 aromatic carbocycles. The van der Waals surface area contributed by atoms with Crippen LogP contribution in [0.25, 0.3) is 0 Å². The number of anilines is 1. The van der Waals surface area contributed by atoms with Gasteiger partial charge < -0.3 is 20.0 Å². The fraction of sp³-hybridized carbons (Fsp3) is 0.650. The third-order valence-electron chi connectivity index (χ3n) is 4.72. The largest absolute Gasteiger partial charge is 0.326 e. The zero-order chi connectivity index (χ0) is 18.1. The predicted octanol–water partition coefficient (Wildman–Crippen LogP) is 2.28. The number of nitrogens with one attached hydrogen (secondary N) is 1. The maximum Gasteiger partial charge on any atom is 0.224 e. The summed E-state index contributed by atoms with van der Waals surface area (Å²) >= 11 is 0. The van der Waals surface area contributed by atoms with Crippen molar-refractivity contribution < 1.29 is 4.79 Å². The number of carbonyl (C=O) groups is 1. The lowest BCUT2D eigenvalue weighted by atomic mass is 10.2. The summed E-state index contributed by atoms with van der Waals surface area (Å²) in [5.74, 6) is 0.118. The van der Waals surface area contributed by atoms with Gasteiger partial charge in [0, 0.05) is 38.3 Å². The maximum atomic E-state index is 12.0. The van der Waals surface area contributed by atoms with E-state index >= 15 is 0 Å². The molecule has 2 rings (SSSR count). The molecular formula is C20H34N4O. The van der Waals surface area contributed by atoms with E-state index in [1.165, 1.54) is 18.5 Å². The standard InChI is InChI=1S/C20H34N4O/c1-18-7-4-8-19(17-18)21-20(25)9-5-11-23-13-15-24(16-14-23)12-6-10-22(2)3/h4,7-8,17H,5-6,9-16H2,1-3H3,(H,21,25). The van der Waals surface area contributed by atoms with Crippen LogP contribution in [0.4, 0.5) is 5.69 Å². The summed E-state index contributed by atoms with van der Waals surface area (Å²) in [5, 5.41) is 2.99. The third kappa shape index (κ3) is 7.99. The molecule has 0 saturated carbocycles. The highest BCUT2D eigenvalue weighted by Crippen LogP contribution is 2.10. The van der Waals surface area contributed by atoms with Crippen molar-refractivity contribution in [3.05, 3.63) is 29.8 Å². The van der Waals surface area contributed by atoms with Gasteiger partial charge in [-0.15, -0.1) is 0 Å². The highest BCUT2D eigenvalue weighted by atomic mass is 16.1. The molecule has 1 N–H and O–H groups in total. The molecule has 5 heteroatoms. The van der Waals surface area contributed by atoms with E-state index in [4.69, 9.17) is 0 Å². The summed E-state index contributed by atoms with van der Waals surface area (Å²) in [6, 6.07) is 7.96. The summed E-state index contributed by atoms with van der Waals surface area (Å²) in [6.45, 7) is 9.98. The van der Waals surface area contributed by atoms with E-state index in [1.54, 1.807) is 0 Å². The minimum Gasteiger partial charge on any atom is -0.326 e. The number of hydrogen-bond acceptors (Lipinski definition) is 4. The Bertz CT molecular complexity index is 524. The molecule has 1 amide bonds. The van der Waals surface area contributed by atoms with Crippen LogP contribution in [-0.4, -0.2) is 80.5 Å². The number of nitrogens with zero attached hydrogens (tertiary/aromatic N) is 3. The lowest BCUT2D eigenvalue weighted by Gasteiger charge is -2.34. The van der Waals surface area contributed by atoms with Crippen LogP contribution < -0.4 is 5.32 Å². The predicted molar refractivity (Wildman–Crippen MR) is 105 cm³/mol. The highest BCUT2D eigenvalue weighted by molar-refractivity contribution is 5.90. The maximum absolute atomic E-state index is 12.0. The molecule has 0 atom stereocenters. The van der Waals surface area contributed by atoms with Crippen LogP contribution in [-0.2, 0) is 4.79 Å². The molecule has 0 radical (unpaired) electrons. The average molecular weight is 347 g/mol. The lowest BCUT2D eigenvalue weighted by molar-refractivity contribution is -0.116. The molecule has 1 aliphatic rings. The van der Waals surface area contributed by atoms with Crippen LogP contribution in [0, 0.1) is 6.92 Å². The van der Waals surface area contributed by atoms with E-state index in [-0.39, 0.29) is 5.91 Å². The Labute approximate surface area is 153 Å². The summed E-state index contributed by atoms with van der Waals surface area (Å²) in [7, 11) is 4.26. The smallest absolute Gasteiger partial charge is 0.224 e. The van der Waals surface area contributed by atoms with Gasteiger partial charge in [-0.3, -0.25) is 4.79 Å². The van der Waals surface area contributed by atoms with Crippen molar-refractivity contribution in [1.29, 1.82) is 0 Å². The number of piperazine rings is 1. The van der Waals surface area contributed by atoms with Crippen LogP contribution in [0.5, 0.6) is 0 Å². The number of rotatable bonds is 9. The molecule has 1 aromatic rings. The molecule has 0 bridgehead atoms. The Morgan fingerprint density at radius 1 is 1.08 bits per heavy atom. The molecular weight excluding hydrogens is 312 g/mol. The van der Waals surface area contributed by atoms with Gasteiger partial charge in [0.1, 0.15) is 0 Å². The summed E-state index contributed by atoms with van der Waals surface area (Å²) in [4.78, 5) is 19.3. The molecule has 0 unspecified atom stereocenters. The molecule has 25 heavy (non-hydrogen) atoms. The Kier molecular flexibility index (Phi) is 8.38. The van der Waals surface area contributed by atoms with E-state index < -0.39 is 0 Å². The van der Waals surface area contributed by atoms with Gasteiger partial charge in [-0.25, -0.2) is 0 Å². The van der Waals surface area contributed by atoms with Crippen molar-refractivity contribution in [2.45, 2.75) is 26.2 Å². The van der Waals surface area contributed by atoms with Crippen LogP contribution in [0.3, 0.4) is 0 Å². The van der Waals surface area contributed by atoms with Crippen molar-refractivity contribution in [3.63, 3.8) is 0 Å². The first-order chi connectivity index (χ1) is 12.0. The van der Waals surface area contributed by atoms with Crippen molar-refractivity contribution in [3.8, 4) is 0 Å². The first-order valence-corrected chi connectivity index (χ1v) is 9.49. The van der Waals surface area contributed by atoms with Crippen LogP contribution >= 0.6 is 0 Å². The Hall–Kier alpha value is -1.43. The molecule has 1 heterocycles. The fourth-order valence-electron chi connectivity index (χ4n) is 3.26. The Morgan fingerprint density at radius 2 is 1.72 bits per heavy atom. The van der Waals surface area contributed by atoms with Gasteiger partial charge in [-0.1, -0.05) is 12.1 Å². The fourth-order valence-corrected chi connectivity index (χ4v) is 3.26. The average Bonchev–Trinajstić information content (AvgIpc) is 2.56. The van der Waals surface area contributed by atoms with Crippen molar-refractivity contribution >= 4 is 11.6 Å². The molecule has 140 valence electrons. The normalized spacial score (nSPS) is 16.3. The van der Waals surface area contributed by atoms with E-state index in [0.29, 0.717) is 6.42 Å². The third-order valence-corrected chi connectivity index (χ3v) is 4.72. The highest BCUT2D eigenvalue weighted by Gasteiger charge is 2.16. The topological polar surface area (TPSA) is 38.8 Å². The molecule has 1 saturated heterocycles. The van der Waals surface area contributed by atoms with Gasteiger partial charge in [0.2, 0.25) is 5.91 Å². The Morgan fingerprint density at radius 3 is 2.32 bits per heavy atom. The van der Waals surface area contributed by atoms with Gasteiger partial charge in [-0.2, -0.15) is 0 Å². The van der Waals surface area contributed by atoms with Crippen molar-refractivity contribution in [2.75, 3.05) is 65.2 Å². The first kappa shape index (κ1) is 19.9. The van der Waals surface area contributed by atoms with Gasteiger partial charge in [0.25, 0.3) is 0 Å². The van der Waals surface area contributed by atoms with Gasteiger partial charge in [-0.05, 0) is 71.2 Å². The second-order valence-corrected chi connectivity index (χ2v) is 7.36. The van der Waals surface area contributed by atoms with E-state index in [1.807, 2.05) is 31.2 Å². The molecule has 0 aliphatic carbocycles.